The summed E-state index contributed by atoms with van der Waals surface area (Å²) in [5, 5.41) is 12.6. The van der Waals surface area contributed by atoms with E-state index in [0.717, 1.165) is 48.9 Å². The molecule has 0 unspecified atom stereocenters. The number of halogens is 1. The average Bonchev–Trinajstić information content (AvgIpc) is 3.09. The van der Waals surface area contributed by atoms with E-state index in [1.54, 1.807) is 4.68 Å². The van der Waals surface area contributed by atoms with Crippen molar-refractivity contribution >= 4 is 17.5 Å². The second kappa shape index (κ2) is 7.69. The molecular formula is C17H21ClN6O2. The summed E-state index contributed by atoms with van der Waals surface area (Å²) >= 11 is 6.25. The number of nitrogens with zero attached hydrogens (tertiary/aromatic N) is 6. The molecule has 0 bridgehead atoms. The van der Waals surface area contributed by atoms with Gasteiger partial charge in [-0.2, -0.15) is 0 Å². The molecule has 0 saturated carbocycles. The van der Waals surface area contributed by atoms with E-state index in [0.29, 0.717) is 25.5 Å². The highest BCUT2D eigenvalue weighted by Crippen LogP contribution is 2.26. The lowest BCUT2D eigenvalue weighted by Gasteiger charge is -2.29. The molecular weight excluding hydrogens is 356 g/mol. The maximum Gasteiger partial charge on any atom is 0.244 e. The van der Waals surface area contributed by atoms with Crippen molar-refractivity contribution in [1.82, 2.24) is 30.0 Å². The predicted molar refractivity (Wildman–Crippen MR) is 94.5 cm³/mol. The summed E-state index contributed by atoms with van der Waals surface area (Å²) in [7, 11) is 0. The number of benzene rings is 1. The van der Waals surface area contributed by atoms with Gasteiger partial charge in [-0.25, -0.2) is 4.68 Å². The number of aromatic nitrogens is 4. The lowest BCUT2D eigenvalue weighted by Crippen LogP contribution is -2.39. The molecule has 2 aliphatic heterocycles. The van der Waals surface area contributed by atoms with Gasteiger partial charge in [0.1, 0.15) is 6.54 Å². The number of amides is 1. The Morgan fingerprint density at radius 1 is 1.23 bits per heavy atom. The van der Waals surface area contributed by atoms with E-state index < -0.39 is 0 Å². The Labute approximate surface area is 156 Å². The predicted octanol–water partition coefficient (Wildman–Crippen LogP) is 0.744. The number of morpholine rings is 1. The van der Waals surface area contributed by atoms with E-state index in [4.69, 9.17) is 16.3 Å². The molecule has 8 nitrogen and oxygen atoms in total. The first-order valence-corrected chi connectivity index (χ1v) is 9.17. The van der Waals surface area contributed by atoms with Crippen molar-refractivity contribution in [2.75, 3.05) is 32.8 Å². The molecule has 0 N–H and O–H groups in total. The molecule has 0 spiro atoms. The molecule has 9 heteroatoms. The van der Waals surface area contributed by atoms with Gasteiger partial charge in [0, 0.05) is 31.2 Å². The van der Waals surface area contributed by atoms with Crippen LogP contribution in [0.15, 0.2) is 18.2 Å². The minimum absolute atomic E-state index is 0.0196. The van der Waals surface area contributed by atoms with Gasteiger partial charge in [0.05, 0.1) is 19.8 Å². The Bertz CT molecular complexity index is 789. The Kier molecular flexibility index (Phi) is 5.14. The summed E-state index contributed by atoms with van der Waals surface area (Å²) in [6.45, 7) is 5.16. The molecule has 3 heterocycles. The van der Waals surface area contributed by atoms with Gasteiger partial charge in [0.2, 0.25) is 5.91 Å². The van der Waals surface area contributed by atoms with Gasteiger partial charge in [-0.3, -0.25) is 9.69 Å². The summed E-state index contributed by atoms with van der Waals surface area (Å²) in [6.07, 6.45) is 0.775. The van der Waals surface area contributed by atoms with Crippen LogP contribution in [0.25, 0.3) is 0 Å². The van der Waals surface area contributed by atoms with Crippen molar-refractivity contribution in [3.8, 4) is 0 Å². The lowest BCUT2D eigenvalue weighted by molar-refractivity contribution is -0.133. The Hall–Kier alpha value is -2.03. The standard InChI is InChI=1S/C17H21ClN6O2/c18-15-3-1-2-13-10-23(5-4-14(13)15)17(25)12-24-16(19-20-21-24)11-22-6-8-26-9-7-22/h1-3H,4-12H2. The molecule has 2 aliphatic rings. The van der Waals surface area contributed by atoms with Gasteiger partial charge in [-0.15, -0.1) is 5.10 Å². The van der Waals surface area contributed by atoms with Crippen molar-refractivity contribution in [3.63, 3.8) is 0 Å². The van der Waals surface area contributed by atoms with Gasteiger partial charge < -0.3 is 9.64 Å². The summed E-state index contributed by atoms with van der Waals surface area (Å²) in [5.74, 6) is 0.729. The number of fused-ring (bicyclic) bond motifs is 1. The number of tetrazole rings is 1. The van der Waals surface area contributed by atoms with E-state index in [9.17, 15) is 4.79 Å². The zero-order chi connectivity index (χ0) is 17.9. The normalized spacial score (nSPS) is 18.0. The van der Waals surface area contributed by atoms with Crippen LogP contribution in [-0.4, -0.2) is 68.8 Å². The van der Waals surface area contributed by atoms with E-state index in [1.807, 2.05) is 23.1 Å². The van der Waals surface area contributed by atoms with Gasteiger partial charge in [0.25, 0.3) is 0 Å². The Morgan fingerprint density at radius 2 is 2.08 bits per heavy atom. The number of carbonyl (C=O) groups is 1. The van der Waals surface area contributed by atoms with Crippen molar-refractivity contribution < 1.29 is 9.53 Å². The molecule has 4 rings (SSSR count). The van der Waals surface area contributed by atoms with Gasteiger partial charge in [-0.1, -0.05) is 23.7 Å². The molecule has 1 aromatic carbocycles. The van der Waals surface area contributed by atoms with Crippen molar-refractivity contribution in [2.45, 2.75) is 26.1 Å². The monoisotopic (exact) mass is 376 g/mol. The fourth-order valence-corrected chi connectivity index (χ4v) is 3.71. The second-order valence-corrected chi connectivity index (χ2v) is 6.99. The molecule has 26 heavy (non-hydrogen) atoms. The van der Waals surface area contributed by atoms with Crippen molar-refractivity contribution in [3.05, 3.63) is 40.2 Å². The second-order valence-electron chi connectivity index (χ2n) is 6.58. The molecule has 1 amide bonds. The van der Waals surface area contributed by atoms with Crippen LogP contribution >= 0.6 is 11.6 Å². The molecule has 2 aromatic rings. The molecule has 0 radical (unpaired) electrons. The Morgan fingerprint density at radius 3 is 2.92 bits per heavy atom. The third kappa shape index (κ3) is 3.72. The first kappa shape index (κ1) is 17.4. The van der Waals surface area contributed by atoms with Crippen LogP contribution in [0.3, 0.4) is 0 Å². The number of carbonyl (C=O) groups excluding carboxylic acids is 1. The van der Waals surface area contributed by atoms with Crippen LogP contribution in [0, 0.1) is 0 Å². The van der Waals surface area contributed by atoms with Crippen molar-refractivity contribution in [2.24, 2.45) is 0 Å². The fraction of sp³-hybridized carbons (Fsp3) is 0.529. The zero-order valence-electron chi connectivity index (χ0n) is 14.5. The summed E-state index contributed by atoms with van der Waals surface area (Å²) < 4.78 is 6.96. The van der Waals surface area contributed by atoms with Crippen LogP contribution < -0.4 is 0 Å². The van der Waals surface area contributed by atoms with Crippen molar-refractivity contribution in [1.29, 1.82) is 0 Å². The summed E-state index contributed by atoms with van der Waals surface area (Å²) in [4.78, 5) is 16.8. The quantitative estimate of drug-likeness (QED) is 0.783. The molecule has 1 fully saturated rings. The number of ether oxygens (including phenoxy) is 1. The fourth-order valence-electron chi connectivity index (χ4n) is 3.42. The highest BCUT2D eigenvalue weighted by molar-refractivity contribution is 6.31. The van der Waals surface area contributed by atoms with E-state index >= 15 is 0 Å². The molecule has 0 atom stereocenters. The maximum atomic E-state index is 12.7. The van der Waals surface area contributed by atoms with Crippen LogP contribution in [0.1, 0.15) is 17.0 Å². The summed E-state index contributed by atoms with van der Waals surface area (Å²) in [6, 6.07) is 5.86. The molecule has 0 aliphatic carbocycles. The van der Waals surface area contributed by atoms with E-state index in [2.05, 4.69) is 20.4 Å². The van der Waals surface area contributed by atoms with Gasteiger partial charge in [-0.05, 0) is 34.0 Å². The average molecular weight is 377 g/mol. The topological polar surface area (TPSA) is 76.4 Å². The zero-order valence-corrected chi connectivity index (χ0v) is 15.2. The number of hydrogen-bond donors (Lipinski definition) is 0. The molecule has 138 valence electrons. The molecule has 1 aromatic heterocycles. The largest absolute Gasteiger partial charge is 0.379 e. The van der Waals surface area contributed by atoms with E-state index in [1.165, 1.54) is 0 Å². The van der Waals surface area contributed by atoms with E-state index in [-0.39, 0.29) is 12.5 Å². The van der Waals surface area contributed by atoms with Gasteiger partial charge in [0.15, 0.2) is 5.82 Å². The van der Waals surface area contributed by atoms with Crippen LogP contribution in [-0.2, 0) is 35.6 Å². The minimum atomic E-state index is 0.0196. The SMILES string of the molecule is O=C(Cn1nnnc1CN1CCOCC1)N1CCc2c(Cl)cccc2C1. The van der Waals surface area contributed by atoms with Crippen LogP contribution in [0.4, 0.5) is 0 Å². The smallest absolute Gasteiger partial charge is 0.244 e. The Balaban J connectivity index is 1.40. The van der Waals surface area contributed by atoms with Gasteiger partial charge >= 0.3 is 0 Å². The third-order valence-electron chi connectivity index (χ3n) is 4.92. The minimum Gasteiger partial charge on any atom is -0.379 e. The van der Waals surface area contributed by atoms with Crippen LogP contribution in [0.5, 0.6) is 0 Å². The maximum absolute atomic E-state index is 12.7. The summed E-state index contributed by atoms with van der Waals surface area (Å²) in [5.41, 5.74) is 2.26. The van der Waals surface area contributed by atoms with Crippen LogP contribution in [0.2, 0.25) is 5.02 Å². The lowest BCUT2D eigenvalue weighted by atomic mass is 10.00. The molecule has 1 saturated heterocycles. The highest BCUT2D eigenvalue weighted by atomic mass is 35.5. The number of hydrogen-bond acceptors (Lipinski definition) is 6. The first-order chi connectivity index (χ1) is 12.7. The first-order valence-electron chi connectivity index (χ1n) is 8.80. The highest BCUT2D eigenvalue weighted by Gasteiger charge is 2.24. The third-order valence-corrected chi connectivity index (χ3v) is 5.28. The number of rotatable bonds is 4.